The molecule has 3 rings (SSSR count). The van der Waals surface area contributed by atoms with Gasteiger partial charge in [-0.25, -0.2) is 14.4 Å². The van der Waals surface area contributed by atoms with Crippen molar-refractivity contribution in [2.45, 2.75) is 20.8 Å². The van der Waals surface area contributed by atoms with Crippen LogP contribution in [0.25, 0.3) is 11.1 Å². The van der Waals surface area contributed by atoms with E-state index in [0.29, 0.717) is 22.8 Å². The van der Waals surface area contributed by atoms with Gasteiger partial charge in [0.15, 0.2) is 0 Å². The lowest BCUT2D eigenvalue weighted by atomic mass is 9.98. The fourth-order valence-corrected chi connectivity index (χ4v) is 3.24. The standard InChI is InChI=1S/C18H15ClFN3OS/c1-9-6-13(12-4-5-15(20)14(19)7-12)10(2)17(21-9)18(24)23-16-8-25-11(3)22-16/h4-8H,1-3H3,(H,23,24). The number of halogens is 2. The summed E-state index contributed by atoms with van der Waals surface area (Å²) in [4.78, 5) is 21.2. The number of benzene rings is 1. The van der Waals surface area contributed by atoms with Crippen molar-refractivity contribution in [1.82, 2.24) is 9.97 Å². The summed E-state index contributed by atoms with van der Waals surface area (Å²) in [5.41, 5.74) is 3.20. The molecule has 0 saturated heterocycles. The number of hydrogen-bond acceptors (Lipinski definition) is 4. The average molecular weight is 376 g/mol. The van der Waals surface area contributed by atoms with Crippen LogP contribution < -0.4 is 5.32 Å². The van der Waals surface area contributed by atoms with Crippen LogP contribution in [0.1, 0.15) is 26.8 Å². The number of rotatable bonds is 3. The van der Waals surface area contributed by atoms with Crippen molar-refractivity contribution >= 4 is 34.7 Å². The number of carbonyl (C=O) groups is 1. The van der Waals surface area contributed by atoms with Crippen LogP contribution in [0.4, 0.5) is 10.2 Å². The Morgan fingerprint density at radius 3 is 2.60 bits per heavy atom. The fraction of sp³-hybridized carbons (Fsp3) is 0.167. The van der Waals surface area contributed by atoms with Gasteiger partial charge in [0.1, 0.15) is 17.3 Å². The topological polar surface area (TPSA) is 54.9 Å². The maximum atomic E-state index is 13.4. The third-order valence-corrected chi connectivity index (χ3v) is 4.77. The minimum Gasteiger partial charge on any atom is -0.304 e. The van der Waals surface area contributed by atoms with Crippen molar-refractivity contribution in [2.75, 3.05) is 5.32 Å². The summed E-state index contributed by atoms with van der Waals surface area (Å²) in [6.45, 7) is 5.48. The molecular formula is C18H15ClFN3OS. The first kappa shape index (κ1) is 17.5. The molecule has 0 aliphatic rings. The van der Waals surface area contributed by atoms with Crippen LogP contribution in [0.15, 0.2) is 29.6 Å². The van der Waals surface area contributed by atoms with Gasteiger partial charge in [-0.05, 0) is 55.7 Å². The monoisotopic (exact) mass is 375 g/mol. The SMILES string of the molecule is Cc1cc(-c2ccc(F)c(Cl)c2)c(C)c(C(=O)Nc2csc(C)n2)n1. The zero-order chi connectivity index (χ0) is 18.1. The number of nitrogens with zero attached hydrogens (tertiary/aromatic N) is 2. The van der Waals surface area contributed by atoms with E-state index in [1.807, 2.05) is 13.0 Å². The van der Waals surface area contributed by atoms with Gasteiger partial charge in [-0.15, -0.1) is 11.3 Å². The van der Waals surface area contributed by atoms with Gasteiger partial charge < -0.3 is 5.32 Å². The van der Waals surface area contributed by atoms with E-state index in [1.165, 1.54) is 17.4 Å². The Bertz CT molecular complexity index is 971. The first-order valence-corrected chi connectivity index (χ1v) is 8.78. The normalized spacial score (nSPS) is 10.8. The Hall–Kier alpha value is -2.31. The number of aryl methyl sites for hydroxylation is 2. The molecule has 128 valence electrons. The molecule has 0 radical (unpaired) electrons. The van der Waals surface area contributed by atoms with Gasteiger partial charge >= 0.3 is 0 Å². The molecule has 1 amide bonds. The van der Waals surface area contributed by atoms with Crippen molar-refractivity contribution in [3.63, 3.8) is 0 Å². The number of carbonyl (C=O) groups excluding carboxylic acids is 1. The van der Waals surface area contributed by atoms with Gasteiger partial charge in [-0.1, -0.05) is 17.7 Å². The Labute approximate surface area is 153 Å². The summed E-state index contributed by atoms with van der Waals surface area (Å²) in [6, 6.07) is 6.34. The molecule has 2 aromatic heterocycles. The molecule has 7 heteroatoms. The Kier molecular flexibility index (Phi) is 4.83. The molecule has 2 heterocycles. The van der Waals surface area contributed by atoms with Gasteiger partial charge in [0, 0.05) is 11.1 Å². The van der Waals surface area contributed by atoms with Crippen LogP contribution in [0.3, 0.4) is 0 Å². The average Bonchev–Trinajstić information content (AvgIpc) is 2.97. The molecule has 0 aliphatic heterocycles. The molecule has 1 aromatic carbocycles. The fourth-order valence-electron chi connectivity index (χ4n) is 2.52. The molecule has 0 atom stereocenters. The van der Waals surface area contributed by atoms with E-state index in [9.17, 15) is 9.18 Å². The highest BCUT2D eigenvalue weighted by molar-refractivity contribution is 7.09. The smallest absolute Gasteiger partial charge is 0.275 e. The third kappa shape index (κ3) is 3.70. The van der Waals surface area contributed by atoms with Gasteiger partial charge in [0.2, 0.25) is 0 Å². The van der Waals surface area contributed by atoms with Crippen molar-refractivity contribution < 1.29 is 9.18 Å². The maximum Gasteiger partial charge on any atom is 0.275 e. The second-order valence-electron chi connectivity index (χ2n) is 5.62. The van der Waals surface area contributed by atoms with E-state index in [4.69, 9.17) is 11.6 Å². The minimum absolute atomic E-state index is 0.0373. The Balaban J connectivity index is 2.02. The van der Waals surface area contributed by atoms with Crippen LogP contribution in [-0.2, 0) is 0 Å². The highest BCUT2D eigenvalue weighted by Gasteiger charge is 2.17. The van der Waals surface area contributed by atoms with Crippen molar-refractivity contribution in [1.29, 1.82) is 0 Å². The molecule has 25 heavy (non-hydrogen) atoms. The lowest BCUT2D eigenvalue weighted by molar-refractivity contribution is 0.102. The molecule has 0 aliphatic carbocycles. The highest BCUT2D eigenvalue weighted by atomic mass is 35.5. The zero-order valence-electron chi connectivity index (χ0n) is 13.9. The molecule has 0 spiro atoms. The molecule has 0 saturated carbocycles. The van der Waals surface area contributed by atoms with E-state index in [-0.39, 0.29) is 10.9 Å². The lowest BCUT2D eigenvalue weighted by Gasteiger charge is -2.12. The number of thiazole rings is 1. The second kappa shape index (κ2) is 6.90. The van der Waals surface area contributed by atoms with Crippen molar-refractivity contribution in [3.8, 4) is 11.1 Å². The largest absolute Gasteiger partial charge is 0.304 e. The predicted molar refractivity (Wildman–Crippen MR) is 98.9 cm³/mol. The van der Waals surface area contributed by atoms with Crippen LogP contribution in [0.5, 0.6) is 0 Å². The molecular weight excluding hydrogens is 361 g/mol. The van der Waals surface area contributed by atoms with E-state index < -0.39 is 5.82 Å². The number of hydrogen-bond donors (Lipinski definition) is 1. The molecule has 0 fully saturated rings. The quantitative estimate of drug-likeness (QED) is 0.686. The summed E-state index contributed by atoms with van der Waals surface area (Å²) in [7, 11) is 0. The zero-order valence-corrected chi connectivity index (χ0v) is 15.4. The second-order valence-corrected chi connectivity index (χ2v) is 7.09. The van der Waals surface area contributed by atoms with E-state index >= 15 is 0 Å². The first-order valence-electron chi connectivity index (χ1n) is 7.52. The van der Waals surface area contributed by atoms with Crippen LogP contribution in [-0.4, -0.2) is 15.9 Å². The summed E-state index contributed by atoms with van der Waals surface area (Å²) < 4.78 is 13.4. The van der Waals surface area contributed by atoms with E-state index in [1.54, 1.807) is 31.4 Å². The summed E-state index contributed by atoms with van der Waals surface area (Å²) in [6.07, 6.45) is 0. The number of anilines is 1. The van der Waals surface area contributed by atoms with Crippen LogP contribution in [0.2, 0.25) is 5.02 Å². The molecule has 3 aromatic rings. The van der Waals surface area contributed by atoms with E-state index in [0.717, 1.165) is 16.1 Å². The van der Waals surface area contributed by atoms with Gasteiger partial charge in [0.25, 0.3) is 5.91 Å². The van der Waals surface area contributed by atoms with Gasteiger partial charge in [-0.2, -0.15) is 0 Å². The molecule has 1 N–H and O–H groups in total. The Morgan fingerprint density at radius 2 is 1.96 bits per heavy atom. The van der Waals surface area contributed by atoms with Crippen LogP contribution >= 0.6 is 22.9 Å². The first-order chi connectivity index (χ1) is 11.8. The third-order valence-electron chi connectivity index (χ3n) is 3.71. The number of aromatic nitrogens is 2. The summed E-state index contributed by atoms with van der Waals surface area (Å²) >= 11 is 7.35. The minimum atomic E-state index is -0.481. The van der Waals surface area contributed by atoms with Gasteiger partial charge in [0.05, 0.1) is 10.0 Å². The summed E-state index contributed by atoms with van der Waals surface area (Å²) in [5.74, 6) is -0.312. The number of amides is 1. The lowest BCUT2D eigenvalue weighted by Crippen LogP contribution is -2.16. The molecule has 0 bridgehead atoms. The Morgan fingerprint density at radius 1 is 1.20 bits per heavy atom. The van der Waals surface area contributed by atoms with Crippen molar-refractivity contribution in [3.05, 3.63) is 62.4 Å². The molecule has 0 unspecified atom stereocenters. The number of pyridine rings is 1. The predicted octanol–water partition coefficient (Wildman–Crippen LogP) is 5.18. The van der Waals surface area contributed by atoms with Gasteiger partial charge in [-0.3, -0.25) is 4.79 Å². The summed E-state index contributed by atoms with van der Waals surface area (Å²) in [5, 5.41) is 5.44. The highest BCUT2D eigenvalue weighted by Crippen LogP contribution is 2.29. The van der Waals surface area contributed by atoms with Crippen LogP contribution in [0, 0.1) is 26.6 Å². The van der Waals surface area contributed by atoms with Crippen molar-refractivity contribution in [2.24, 2.45) is 0 Å². The molecule has 4 nitrogen and oxygen atoms in total. The van der Waals surface area contributed by atoms with E-state index in [2.05, 4.69) is 15.3 Å². The maximum absolute atomic E-state index is 13.4. The number of nitrogens with one attached hydrogen (secondary N) is 1.